The van der Waals surface area contributed by atoms with Gasteiger partial charge in [0, 0.05) is 30.5 Å². The number of aromatic amines is 1. The third kappa shape index (κ3) is 4.56. The molecule has 1 aliphatic heterocycles. The minimum Gasteiger partial charge on any atom is -0.378 e. The Kier molecular flexibility index (Phi) is 6.11. The van der Waals surface area contributed by atoms with E-state index in [0.29, 0.717) is 43.0 Å². The van der Waals surface area contributed by atoms with Crippen molar-refractivity contribution in [1.82, 2.24) is 15.0 Å². The van der Waals surface area contributed by atoms with Gasteiger partial charge in [-0.2, -0.15) is 0 Å². The average molecular weight is 476 g/mol. The van der Waals surface area contributed by atoms with Crippen molar-refractivity contribution in [2.75, 3.05) is 41.8 Å². The topological polar surface area (TPSA) is 95.2 Å². The molecule has 1 amide bonds. The zero-order valence-electron chi connectivity index (χ0n) is 18.6. The van der Waals surface area contributed by atoms with Gasteiger partial charge in [0.15, 0.2) is 11.6 Å². The van der Waals surface area contributed by atoms with E-state index in [2.05, 4.69) is 32.2 Å². The van der Waals surface area contributed by atoms with Gasteiger partial charge >= 0.3 is 0 Å². The van der Waals surface area contributed by atoms with Gasteiger partial charge in [0.25, 0.3) is 0 Å². The summed E-state index contributed by atoms with van der Waals surface area (Å²) in [4.78, 5) is 25.3. The number of rotatable bonds is 6. The van der Waals surface area contributed by atoms with Crippen LogP contribution in [0, 0.1) is 11.6 Å². The number of nitrogens with one attached hydrogen (secondary N) is 3. The number of benzene rings is 2. The second-order valence-corrected chi connectivity index (χ2v) is 7.92. The predicted molar refractivity (Wildman–Crippen MR) is 131 cm³/mol. The number of nitrogens with zero attached hydrogens (tertiary/aromatic N) is 3. The summed E-state index contributed by atoms with van der Waals surface area (Å²) in [5, 5.41) is 5.51. The number of aromatic nitrogens is 3. The van der Waals surface area contributed by atoms with E-state index in [1.807, 2.05) is 6.07 Å². The smallest absolute Gasteiger partial charge is 0.247 e. The quantitative estimate of drug-likeness (QED) is 0.352. The van der Waals surface area contributed by atoms with Gasteiger partial charge < -0.3 is 25.3 Å². The second kappa shape index (κ2) is 9.51. The molecule has 0 bridgehead atoms. The van der Waals surface area contributed by atoms with Crippen LogP contribution in [0.25, 0.3) is 22.2 Å². The van der Waals surface area contributed by atoms with Crippen LogP contribution in [0.4, 0.5) is 31.8 Å². The Morgan fingerprint density at radius 3 is 2.80 bits per heavy atom. The molecule has 0 aliphatic carbocycles. The summed E-state index contributed by atoms with van der Waals surface area (Å²) in [7, 11) is 0. The lowest BCUT2D eigenvalue weighted by molar-refractivity contribution is -0.111. The SMILES string of the molecule is C=CC(=O)Nc1cccc(-c2c[nH]c3cnc(Nc4ccc(N5CCOCC5)c(F)c4F)nc23)c1. The Morgan fingerprint density at radius 1 is 1.17 bits per heavy atom. The molecule has 1 fully saturated rings. The molecule has 3 N–H and O–H groups in total. The summed E-state index contributed by atoms with van der Waals surface area (Å²) in [6.45, 7) is 5.39. The summed E-state index contributed by atoms with van der Waals surface area (Å²) < 4.78 is 35.0. The number of anilines is 4. The summed E-state index contributed by atoms with van der Waals surface area (Å²) >= 11 is 0. The van der Waals surface area contributed by atoms with Gasteiger partial charge in [0.1, 0.15) is 5.52 Å². The fourth-order valence-electron chi connectivity index (χ4n) is 3.95. The molecule has 8 nitrogen and oxygen atoms in total. The molecule has 0 unspecified atom stereocenters. The Morgan fingerprint density at radius 2 is 2.00 bits per heavy atom. The predicted octanol–water partition coefficient (Wildman–Crippen LogP) is 4.61. The van der Waals surface area contributed by atoms with Crippen LogP contribution >= 0.6 is 0 Å². The van der Waals surface area contributed by atoms with E-state index in [1.165, 1.54) is 18.2 Å². The molecule has 0 radical (unpaired) electrons. The molecular formula is C25H22F2N6O2. The maximum absolute atomic E-state index is 14.9. The number of hydrogen-bond donors (Lipinski definition) is 3. The minimum atomic E-state index is -1.00. The lowest BCUT2D eigenvalue weighted by atomic mass is 10.1. The molecule has 1 saturated heterocycles. The number of carbonyl (C=O) groups is 1. The Bertz CT molecular complexity index is 1410. The molecule has 0 saturated carbocycles. The van der Waals surface area contributed by atoms with Gasteiger partial charge in [0.05, 0.1) is 36.3 Å². The van der Waals surface area contributed by atoms with Crippen molar-refractivity contribution in [1.29, 1.82) is 0 Å². The molecule has 2 aromatic carbocycles. The fraction of sp³-hybridized carbons (Fsp3) is 0.160. The van der Waals surface area contributed by atoms with Crippen LogP contribution < -0.4 is 15.5 Å². The zero-order chi connectivity index (χ0) is 24.4. The third-order valence-corrected chi connectivity index (χ3v) is 5.70. The Hall–Kier alpha value is -4.31. The molecule has 0 spiro atoms. The van der Waals surface area contributed by atoms with E-state index < -0.39 is 11.6 Å². The van der Waals surface area contributed by atoms with E-state index in [-0.39, 0.29) is 23.2 Å². The van der Waals surface area contributed by atoms with Crippen LogP contribution in [0.3, 0.4) is 0 Å². The van der Waals surface area contributed by atoms with Crippen LogP contribution in [-0.4, -0.2) is 47.2 Å². The number of halogens is 2. The largest absolute Gasteiger partial charge is 0.378 e. The number of morpholine rings is 1. The maximum atomic E-state index is 14.9. The summed E-state index contributed by atoms with van der Waals surface area (Å²) in [5.41, 5.74) is 3.55. The molecule has 178 valence electrons. The number of amides is 1. The van der Waals surface area contributed by atoms with E-state index in [0.717, 1.165) is 11.1 Å². The molecule has 2 aromatic heterocycles. The van der Waals surface area contributed by atoms with Crippen molar-refractivity contribution in [3.8, 4) is 11.1 Å². The zero-order valence-corrected chi connectivity index (χ0v) is 18.6. The van der Waals surface area contributed by atoms with Crippen LogP contribution in [0.15, 0.2) is 61.4 Å². The normalized spacial score (nSPS) is 13.6. The molecule has 5 rings (SSSR count). The van der Waals surface area contributed by atoms with Gasteiger partial charge in [0.2, 0.25) is 11.9 Å². The maximum Gasteiger partial charge on any atom is 0.247 e. The second-order valence-electron chi connectivity index (χ2n) is 7.92. The van der Waals surface area contributed by atoms with Gasteiger partial charge in [-0.05, 0) is 35.9 Å². The summed E-state index contributed by atoms with van der Waals surface area (Å²) in [6.07, 6.45) is 4.53. The fourth-order valence-corrected chi connectivity index (χ4v) is 3.95. The monoisotopic (exact) mass is 476 g/mol. The van der Waals surface area contributed by atoms with Crippen molar-refractivity contribution in [2.24, 2.45) is 0 Å². The lowest BCUT2D eigenvalue weighted by Crippen LogP contribution is -2.36. The van der Waals surface area contributed by atoms with E-state index in [1.54, 1.807) is 35.5 Å². The molecule has 3 heterocycles. The lowest BCUT2D eigenvalue weighted by Gasteiger charge is -2.29. The van der Waals surface area contributed by atoms with Crippen LogP contribution in [0.5, 0.6) is 0 Å². The molecule has 10 heteroatoms. The average Bonchev–Trinajstić information content (AvgIpc) is 3.31. The number of carbonyl (C=O) groups excluding carboxylic acids is 1. The van der Waals surface area contributed by atoms with Gasteiger partial charge in [-0.25, -0.2) is 18.7 Å². The first-order valence-electron chi connectivity index (χ1n) is 11.0. The van der Waals surface area contributed by atoms with Crippen molar-refractivity contribution >= 4 is 40.0 Å². The first kappa shape index (κ1) is 22.5. The molecule has 1 aliphatic rings. The Labute approximate surface area is 199 Å². The molecule has 4 aromatic rings. The number of H-pyrrole nitrogens is 1. The van der Waals surface area contributed by atoms with Crippen molar-refractivity contribution in [3.05, 3.63) is 73.1 Å². The van der Waals surface area contributed by atoms with E-state index >= 15 is 0 Å². The van der Waals surface area contributed by atoms with Crippen LogP contribution in [0.1, 0.15) is 0 Å². The number of fused-ring (bicyclic) bond motifs is 1. The van der Waals surface area contributed by atoms with Crippen molar-refractivity contribution in [3.63, 3.8) is 0 Å². The molecule has 35 heavy (non-hydrogen) atoms. The van der Waals surface area contributed by atoms with Gasteiger partial charge in [-0.3, -0.25) is 4.79 Å². The number of hydrogen-bond acceptors (Lipinski definition) is 6. The standard InChI is InChI=1S/C25H22F2N6O2/c1-2-21(34)30-16-5-3-4-15(12-16)17-13-28-19-14-29-25(32-24(17)19)31-18-6-7-20(23(27)22(18)26)33-8-10-35-11-9-33/h2-7,12-14,28H,1,8-11H2,(H,30,34)(H,29,31,32). The summed E-state index contributed by atoms with van der Waals surface area (Å²) in [5.74, 6) is -2.13. The van der Waals surface area contributed by atoms with Gasteiger partial charge in [-0.15, -0.1) is 0 Å². The van der Waals surface area contributed by atoms with Crippen LogP contribution in [0.2, 0.25) is 0 Å². The third-order valence-electron chi connectivity index (χ3n) is 5.70. The van der Waals surface area contributed by atoms with Crippen molar-refractivity contribution in [2.45, 2.75) is 0 Å². The molecular weight excluding hydrogens is 454 g/mol. The Balaban J connectivity index is 1.44. The van der Waals surface area contributed by atoms with E-state index in [9.17, 15) is 13.6 Å². The van der Waals surface area contributed by atoms with E-state index in [4.69, 9.17) is 4.74 Å². The highest BCUT2D eigenvalue weighted by Gasteiger charge is 2.21. The highest BCUT2D eigenvalue weighted by molar-refractivity contribution is 6.00. The highest BCUT2D eigenvalue weighted by atomic mass is 19.2. The van der Waals surface area contributed by atoms with Crippen LogP contribution in [-0.2, 0) is 9.53 Å². The first-order chi connectivity index (χ1) is 17.0. The van der Waals surface area contributed by atoms with Gasteiger partial charge in [-0.1, -0.05) is 18.7 Å². The highest BCUT2D eigenvalue weighted by Crippen LogP contribution is 2.31. The van der Waals surface area contributed by atoms with Crippen molar-refractivity contribution < 1.29 is 18.3 Å². The first-order valence-corrected chi connectivity index (χ1v) is 11.0. The summed E-state index contributed by atoms with van der Waals surface area (Å²) in [6, 6.07) is 10.3. The minimum absolute atomic E-state index is 0.0647. The molecule has 0 atom stereocenters. The number of ether oxygens (including phenoxy) is 1.